The maximum absolute atomic E-state index is 11.8. The van der Waals surface area contributed by atoms with Crippen LogP contribution in [0.3, 0.4) is 0 Å². The van der Waals surface area contributed by atoms with E-state index in [1.807, 2.05) is 19.1 Å². The number of aromatic nitrogens is 1. The molecule has 1 atom stereocenters. The summed E-state index contributed by atoms with van der Waals surface area (Å²) in [6.07, 6.45) is 5.33. The van der Waals surface area contributed by atoms with Gasteiger partial charge in [0.25, 0.3) is 0 Å². The van der Waals surface area contributed by atoms with E-state index in [1.54, 1.807) is 6.20 Å². The van der Waals surface area contributed by atoms with Crippen molar-refractivity contribution in [2.45, 2.75) is 46.1 Å². The minimum absolute atomic E-state index is 0.0977. The molecule has 1 heterocycles. The Balaban J connectivity index is 2.30. The second-order valence-electron chi connectivity index (χ2n) is 4.93. The second-order valence-corrected chi connectivity index (χ2v) is 4.93. The summed E-state index contributed by atoms with van der Waals surface area (Å²) in [5, 5.41) is 2.93. The van der Waals surface area contributed by atoms with Gasteiger partial charge in [-0.2, -0.15) is 0 Å². The Kier molecular flexibility index (Phi) is 7.11. The van der Waals surface area contributed by atoms with Crippen LogP contribution in [0.2, 0.25) is 0 Å². The smallest absolute Gasteiger partial charge is 0.220 e. The summed E-state index contributed by atoms with van der Waals surface area (Å²) in [6.45, 7) is 5.37. The molecule has 1 aromatic heterocycles. The molecule has 1 aromatic rings. The van der Waals surface area contributed by atoms with Gasteiger partial charge in [0.05, 0.1) is 12.2 Å². The van der Waals surface area contributed by atoms with Crippen molar-refractivity contribution < 1.29 is 4.79 Å². The van der Waals surface area contributed by atoms with Gasteiger partial charge in [0.1, 0.15) is 0 Å². The SMILES string of the molecule is CCC(CCN)CCC(=O)NCc1ncccc1C. The summed E-state index contributed by atoms with van der Waals surface area (Å²) in [4.78, 5) is 16.0. The van der Waals surface area contributed by atoms with E-state index in [4.69, 9.17) is 5.73 Å². The Hall–Kier alpha value is -1.42. The van der Waals surface area contributed by atoms with Crippen molar-refractivity contribution in [3.63, 3.8) is 0 Å². The monoisotopic (exact) mass is 263 g/mol. The number of amides is 1. The van der Waals surface area contributed by atoms with Crippen LogP contribution in [0, 0.1) is 12.8 Å². The summed E-state index contributed by atoms with van der Waals surface area (Å²) >= 11 is 0. The molecule has 0 radical (unpaired) electrons. The topological polar surface area (TPSA) is 68.0 Å². The van der Waals surface area contributed by atoms with Crippen LogP contribution in [0.4, 0.5) is 0 Å². The lowest BCUT2D eigenvalue weighted by molar-refractivity contribution is -0.121. The molecule has 3 N–H and O–H groups in total. The molecule has 106 valence electrons. The molecule has 0 aliphatic rings. The number of carbonyl (C=O) groups is 1. The number of nitrogens with two attached hydrogens (primary N) is 1. The van der Waals surface area contributed by atoms with Gasteiger partial charge in [-0.3, -0.25) is 9.78 Å². The third-order valence-corrected chi connectivity index (χ3v) is 3.50. The van der Waals surface area contributed by atoms with E-state index < -0.39 is 0 Å². The van der Waals surface area contributed by atoms with Gasteiger partial charge in [0.2, 0.25) is 5.91 Å². The predicted molar refractivity (Wildman–Crippen MR) is 77.5 cm³/mol. The molecule has 0 saturated heterocycles. The van der Waals surface area contributed by atoms with Crippen molar-refractivity contribution in [2.24, 2.45) is 11.7 Å². The molecule has 4 heteroatoms. The van der Waals surface area contributed by atoms with Crippen LogP contribution < -0.4 is 11.1 Å². The van der Waals surface area contributed by atoms with Crippen LogP contribution in [0.15, 0.2) is 18.3 Å². The van der Waals surface area contributed by atoms with Crippen molar-refractivity contribution in [1.82, 2.24) is 10.3 Å². The average Bonchev–Trinajstić information content (AvgIpc) is 2.42. The van der Waals surface area contributed by atoms with Gasteiger partial charge in [-0.15, -0.1) is 0 Å². The van der Waals surface area contributed by atoms with E-state index in [0.717, 1.165) is 30.5 Å². The predicted octanol–water partition coefficient (Wildman–Crippen LogP) is 2.16. The molecule has 19 heavy (non-hydrogen) atoms. The van der Waals surface area contributed by atoms with Gasteiger partial charge in [-0.1, -0.05) is 19.4 Å². The Morgan fingerprint density at radius 2 is 2.26 bits per heavy atom. The first kappa shape index (κ1) is 15.6. The highest BCUT2D eigenvalue weighted by Crippen LogP contribution is 2.14. The molecule has 0 aliphatic heterocycles. The van der Waals surface area contributed by atoms with Crippen LogP contribution in [0.25, 0.3) is 0 Å². The molecule has 0 spiro atoms. The Morgan fingerprint density at radius 1 is 1.47 bits per heavy atom. The molecule has 0 aliphatic carbocycles. The normalized spacial score (nSPS) is 12.2. The van der Waals surface area contributed by atoms with Gasteiger partial charge in [0.15, 0.2) is 0 Å². The van der Waals surface area contributed by atoms with Gasteiger partial charge < -0.3 is 11.1 Å². The minimum atomic E-state index is 0.0977. The average molecular weight is 263 g/mol. The maximum Gasteiger partial charge on any atom is 0.220 e. The molecule has 1 amide bonds. The van der Waals surface area contributed by atoms with Crippen LogP contribution in [-0.2, 0) is 11.3 Å². The highest BCUT2D eigenvalue weighted by molar-refractivity contribution is 5.75. The van der Waals surface area contributed by atoms with Crippen LogP contribution in [-0.4, -0.2) is 17.4 Å². The number of hydrogen-bond donors (Lipinski definition) is 2. The van der Waals surface area contributed by atoms with E-state index in [2.05, 4.69) is 17.2 Å². The first-order chi connectivity index (χ1) is 9.17. The highest BCUT2D eigenvalue weighted by Gasteiger charge is 2.09. The van der Waals surface area contributed by atoms with Gasteiger partial charge in [0, 0.05) is 12.6 Å². The van der Waals surface area contributed by atoms with Gasteiger partial charge in [-0.25, -0.2) is 0 Å². The fourth-order valence-corrected chi connectivity index (χ4v) is 2.10. The fourth-order valence-electron chi connectivity index (χ4n) is 2.10. The summed E-state index contributed by atoms with van der Waals surface area (Å²) in [5.74, 6) is 0.660. The number of nitrogens with zero attached hydrogens (tertiary/aromatic N) is 1. The lowest BCUT2D eigenvalue weighted by Gasteiger charge is -2.13. The highest BCUT2D eigenvalue weighted by atomic mass is 16.1. The molecule has 0 fully saturated rings. The van der Waals surface area contributed by atoms with Crippen molar-refractivity contribution in [3.8, 4) is 0 Å². The minimum Gasteiger partial charge on any atom is -0.350 e. The fraction of sp³-hybridized carbons (Fsp3) is 0.600. The molecule has 0 saturated carbocycles. The zero-order valence-electron chi connectivity index (χ0n) is 12.0. The molecular formula is C15H25N3O. The van der Waals surface area contributed by atoms with Crippen molar-refractivity contribution >= 4 is 5.91 Å². The maximum atomic E-state index is 11.8. The number of hydrogen-bond acceptors (Lipinski definition) is 3. The van der Waals surface area contributed by atoms with Gasteiger partial charge >= 0.3 is 0 Å². The van der Waals surface area contributed by atoms with Crippen LogP contribution in [0.5, 0.6) is 0 Å². The van der Waals surface area contributed by atoms with E-state index in [0.29, 0.717) is 25.4 Å². The Bertz CT molecular complexity index is 393. The second kappa shape index (κ2) is 8.64. The van der Waals surface area contributed by atoms with E-state index in [1.165, 1.54) is 0 Å². The quantitative estimate of drug-likeness (QED) is 0.755. The standard InChI is InChI=1S/C15H25N3O/c1-3-13(8-9-16)6-7-15(19)18-11-14-12(2)5-4-10-17-14/h4-5,10,13H,3,6-9,11,16H2,1-2H3,(H,18,19). The summed E-state index contributed by atoms with van der Waals surface area (Å²) in [6, 6.07) is 3.90. The number of rotatable bonds is 8. The summed E-state index contributed by atoms with van der Waals surface area (Å²) in [5.41, 5.74) is 7.60. The Labute approximate surface area is 115 Å². The van der Waals surface area contributed by atoms with Crippen molar-refractivity contribution in [3.05, 3.63) is 29.6 Å². The summed E-state index contributed by atoms with van der Waals surface area (Å²) in [7, 11) is 0. The molecule has 1 unspecified atom stereocenters. The van der Waals surface area contributed by atoms with E-state index >= 15 is 0 Å². The zero-order valence-corrected chi connectivity index (χ0v) is 12.0. The number of aryl methyl sites for hydroxylation is 1. The first-order valence-corrected chi connectivity index (χ1v) is 7.04. The first-order valence-electron chi connectivity index (χ1n) is 7.04. The van der Waals surface area contributed by atoms with E-state index in [9.17, 15) is 4.79 Å². The van der Waals surface area contributed by atoms with Crippen molar-refractivity contribution in [2.75, 3.05) is 6.54 Å². The number of carbonyl (C=O) groups excluding carboxylic acids is 1. The van der Waals surface area contributed by atoms with Gasteiger partial charge in [-0.05, 0) is 43.9 Å². The largest absolute Gasteiger partial charge is 0.350 e. The van der Waals surface area contributed by atoms with Crippen LogP contribution in [0.1, 0.15) is 43.9 Å². The molecule has 4 nitrogen and oxygen atoms in total. The van der Waals surface area contributed by atoms with Crippen molar-refractivity contribution in [1.29, 1.82) is 0 Å². The molecule has 0 aromatic carbocycles. The molecular weight excluding hydrogens is 238 g/mol. The third kappa shape index (κ3) is 5.83. The lowest BCUT2D eigenvalue weighted by atomic mass is 9.96. The third-order valence-electron chi connectivity index (χ3n) is 3.50. The molecule has 0 bridgehead atoms. The number of nitrogens with one attached hydrogen (secondary N) is 1. The van der Waals surface area contributed by atoms with E-state index in [-0.39, 0.29) is 5.91 Å². The van der Waals surface area contributed by atoms with Crippen LogP contribution >= 0.6 is 0 Å². The number of pyridine rings is 1. The summed E-state index contributed by atoms with van der Waals surface area (Å²) < 4.78 is 0. The Morgan fingerprint density at radius 3 is 2.89 bits per heavy atom. The molecule has 1 rings (SSSR count). The lowest BCUT2D eigenvalue weighted by Crippen LogP contribution is -2.24. The zero-order chi connectivity index (χ0) is 14.1.